The van der Waals surface area contributed by atoms with Gasteiger partial charge in [-0.2, -0.15) is 0 Å². The maximum Gasteiger partial charge on any atom is 0.222 e. The summed E-state index contributed by atoms with van der Waals surface area (Å²) in [6.45, 7) is 8.62. The zero-order valence-corrected chi connectivity index (χ0v) is 10.5. The van der Waals surface area contributed by atoms with Gasteiger partial charge in [0, 0.05) is 19.5 Å². The molecule has 1 heterocycles. The Morgan fingerprint density at radius 2 is 1.67 bits per heavy atom. The van der Waals surface area contributed by atoms with Crippen molar-refractivity contribution < 1.29 is 4.79 Å². The standard InChI is InChI=1S/C13H25NO/c1-4-7-12(15)14-10-8-13(5-2,6-3)9-11-14/h4-11H2,1-3H3. The molecule has 0 aromatic rings. The number of hydrogen-bond acceptors (Lipinski definition) is 1. The number of carbonyl (C=O) groups excluding carboxylic acids is 1. The first-order valence-electron chi connectivity index (χ1n) is 6.45. The molecule has 0 saturated carbocycles. The summed E-state index contributed by atoms with van der Waals surface area (Å²) in [7, 11) is 0. The van der Waals surface area contributed by atoms with Crippen LogP contribution >= 0.6 is 0 Å². The number of nitrogens with zero attached hydrogens (tertiary/aromatic N) is 1. The molecule has 0 unspecified atom stereocenters. The highest BCUT2D eigenvalue weighted by molar-refractivity contribution is 5.76. The van der Waals surface area contributed by atoms with Crippen LogP contribution in [0.4, 0.5) is 0 Å². The molecule has 0 aromatic heterocycles. The van der Waals surface area contributed by atoms with Crippen LogP contribution in [0.5, 0.6) is 0 Å². The van der Waals surface area contributed by atoms with Crippen LogP contribution in [0.15, 0.2) is 0 Å². The van der Waals surface area contributed by atoms with Gasteiger partial charge in [0.2, 0.25) is 5.91 Å². The van der Waals surface area contributed by atoms with Crippen molar-refractivity contribution in [1.82, 2.24) is 4.90 Å². The van der Waals surface area contributed by atoms with Crippen LogP contribution < -0.4 is 0 Å². The predicted molar refractivity (Wildman–Crippen MR) is 63.7 cm³/mol. The Labute approximate surface area is 94.0 Å². The summed E-state index contributed by atoms with van der Waals surface area (Å²) < 4.78 is 0. The van der Waals surface area contributed by atoms with Gasteiger partial charge in [-0.25, -0.2) is 0 Å². The molecule has 1 aliphatic rings. The van der Waals surface area contributed by atoms with E-state index < -0.39 is 0 Å². The van der Waals surface area contributed by atoms with Crippen molar-refractivity contribution in [1.29, 1.82) is 0 Å². The number of piperidine rings is 1. The largest absolute Gasteiger partial charge is 0.343 e. The topological polar surface area (TPSA) is 20.3 Å². The van der Waals surface area contributed by atoms with Crippen molar-refractivity contribution in [2.24, 2.45) is 5.41 Å². The molecule has 1 aliphatic heterocycles. The van der Waals surface area contributed by atoms with E-state index in [0.717, 1.165) is 25.9 Å². The quantitative estimate of drug-likeness (QED) is 0.699. The van der Waals surface area contributed by atoms with Crippen molar-refractivity contribution in [3.05, 3.63) is 0 Å². The smallest absolute Gasteiger partial charge is 0.222 e. The zero-order chi connectivity index (χ0) is 11.3. The van der Waals surface area contributed by atoms with Gasteiger partial charge in [0.25, 0.3) is 0 Å². The van der Waals surface area contributed by atoms with Gasteiger partial charge in [0.05, 0.1) is 0 Å². The van der Waals surface area contributed by atoms with Crippen molar-refractivity contribution >= 4 is 5.91 Å². The van der Waals surface area contributed by atoms with Gasteiger partial charge in [-0.15, -0.1) is 0 Å². The minimum atomic E-state index is 0.360. The molecule has 0 aromatic carbocycles. The van der Waals surface area contributed by atoms with Crippen LogP contribution in [0.3, 0.4) is 0 Å². The Kier molecular flexibility index (Phi) is 4.62. The van der Waals surface area contributed by atoms with E-state index in [-0.39, 0.29) is 0 Å². The van der Waals surface area contributed by atoms with Gasteiger partial charge in [-0.05, 0) is 24.7 Å². The minimum Gasteiger partial charge on any atom is -0.343 e. The molecule has 88 valence electrons. The molecule has 1 amide bonds. The molecule has 0 atom stereocenters. The fraction of sp³-hybridized carbons (Fsp3) is 0.923. The number of rotatable bonds is 4. The summed E-state index contributed by atoms with van der Waals surface area (Å²) >= 11 is 0. The SMILES string of the molecule is CCCC(=O)N1CCC(CC)(CC)CC1. The fourth-order valence-corrected chi connectivity index (χ4v) is 2.56. The summed E-state index contributed by atoms with van der Waals surface area (Å²) in [6, 6.07) is 0. The average Bonchev–Trinajstić information content (AvgIpc) is 2.29. The van der Waals surface area contributed by atoms with Gasteiger partial charge in [0.15, 0.2) is 0 Å². The lowest BCUT2D eigenvalue weighted by atomic mass is 9.74. The molecule has 1 saturated heterocycles. The molecule has 0 spiro atoms. The lowest BCUT2D eigenvalue weighted by Crippen LogP contribution is -2.42. The first kappa shape index (κ1) is 12.5. The van der Waals surface area contributed by atoms with Crippen molar-refractivity contribution in [2.45, 2.75) is 59.3 Å². The summed E-state index contributed by atoms with van der Waals surface area (Å²) in [5.41, 5.74) is 0.531. The minimum absolute atomic E-state index is 0.360. The molecular weight excluding hydrogens is 186 g/mol. The lowest BCUT2D eigenvalue weighted by Gasteiger charge is -2.41. The second kappa shape index (κ2) is 5.53. The van der Waals surface area contributed by atoms with Gasteiger partial charge < -0.3 is 4.90 Å². The zero-order valence-electron chi connectivity index (χ0n) is 10.5. The van der Waals surface area contributed by atoms with E-state index in [1.165, 1.54) is 25.7 Å². The van der Waals surface area contributed by atoms with Gasteiger partial charge in [0.1, 0.15) is 0 Å². The molecule has 0 radical (unpaired) electrons. The second-order valence-corrected chi connectivity index (χ2v) is 4.84. The lowest BCUT2D eigenvalue weighted by molar-refractivity contribution is -0.133. The van der Waals surface area contributed by atoms with Crippen molar-refractivity contribution in [3.63, 3.8) is 0 Å². The summed E-state index contributed by atoms with van der Waals surface area (Å²) in [4.78, 5) is 13.8. The highest BCUT2D eigenvalue weighted by Crippen LogP contribution is 2.37. The predicted octanol–water partition coefficient (Wildman–Crippen LogP) is 3.22. The third-order valence-corrected chi connectivity index (χ3v) is 4.14. The van der Waals surface area contributed by atoms with Gasteiger partial charge in [-0.3, -0.25) is 4.79 Å². The highest BCUT2D eigenvalue weighted by Gasteiger charge is 2.32. The normalized spacial score (nSPS) is 20.3. The maximum atomic E-state index is 11.7. The molecule has 2 heteroatoms. The Bertz CT molecular complexity index is 199. The number of hydrogen-bond donors (Lipinski definition) is 0. The summed E-state index contributed by atoms with van der Waals surface area (Å²) in [6.07, 6.45) is 6.64. The summed E-state index contributed by atoms with van der Waals surface area (Å²) in [5, 5.41) is 0. The Morgan fingerprint density at radius 3 is 2.07 bits per heavy atom. The third-order valence-electron chi connectivity index (χ3n) is 4.14. The van der Waals surface area contributed by atoms with Gasteiger partial charge >= 0.3 is 0 Å². The Hall–Kier alpha value is -0.530. The molecule has 1 rings (SSSR count). The molecular formula is C13H25NO. The van der Waals surface area contributed by atoms with Crippen LogP contribution in [-0.4, -0.2) is 23.9 Å². The first-order chi connectivity index (χ1) is 7.17. The number of amides is 1. The van der Waals surface area contributed by atoms with Crippen LogP contribution in [0.2, 0.25) is 0 Å². The van der Waals surface area contributed by atoms with Crippen molar-refractivity contribution in [3.8, 4) is 0 Å². The average molecular weight is 211 g/mol. The Morgan fingerprint density at radius 1 is 1.13 bits per heavy atom. The van der Waals surface area contributed by atoms with Crippen LogP contribution in [0, 0.1) is 5.41 Å². The van der Waals surface area contributed by atoms with E-state index in [4.69, 9.17) is 0 Å². The molecule has 0 N–H and O–H groups in total. The van der Waals surface area contributed by atoms with E-state index in [0.29, 0.717) is 11.3 Å². The van der Waals surface area contributed by atoms with E-state index >= 15 is 0 Å². The fourth-order valence-electron chi connectivity index (χ4n) is 2.56. The Balaban J connectivity index is 2.44. The third kappa shape index (κ3) is 2.96. The van der Waals surface area contributed by atoms with Gasteiger partial charge in [-0.1, -0.05) is 33.6 Å². The highest BCUT2D eigenvalue weighted by atomic mass is 16.2. The number of carbonyl (C=O) groups is 1. The van der Waals surface area contributed by atoms with Crippen LogP contribution in [0.1, 0.15) is 59.3 Å². The monoisotopic (exact) mass is 211 g/mol. The molecule has 0 aliphatic carbocycles. The van der Waals surface area contributed by atoms with E-state index in [1.807, 2.05) is 0 Å². The van der Waals surface area contributed by atoms with E-state index in [9.17, 15) is 4.79 Å². The summed E-state index contributed by atoms with van der Waals surface area (Å²) in [5.74, 6) is 0.360. The van der Waals surface area contributed by atoms with E-state index in [1.54, 1.807) is 0 Å². The second-order valence-electron chi connectivity index (χ2n) is 4.84. The van der Waals surface area contributed by atoms with Crippen LogP contribution in [0.25, 0.3) is 0 Å². The van der Waals surface area contributed by atoms with Crippen LogP contribution in [-0.2, 0) is 4.79 Å². The first-order valence-corrected chi connectivity index (χ1v) is 6.45. The molecule has 1 fully saturated rings. The van der Waals surface area contributed by atoms with Crippen molar-refractivity contribution in [2.75, 3.05) is 13.1 Å². The van der Waals surface area contributed by atoms with E-state index in [2.05, 4.69) is 25.7 Å². The molecule has 0 bridgehead atoms. The molecule has 2 nitrogen and oxygen atoms in total. The number of likely N-dealkylation sites (tertiary alicyclic amines) is 1. The maximum absolute atomic E-state index is 11.7. The molecule has 15 heavy (non-hydrogen) atoms.